The van der Waals surface area contributed by atoms with Crippen LogP contribution >= 0.6 is 0 Å². The maximum absolute atomic E-state index is 5.50. The number of nitrogens with zero attached hydrogens (tertiary/aromatic N) is 5. The molecule has 7 heteroatoms. The number of imidazole rings is 1. The van der Waals surface area contributed by atoms with Crippen LogP contribution in [0.15, 0.2) is 79.3 Å². The minimum absolute atomic E-state index is 0.296. The summed E-state index contributed by atoms with van der Waals surface area (Å²) >= 11 is 0. The Hall–Kier alpha value is -3.97. The summed E-state index contributed by atoms with van der Waals surface area (Å²) in [6.45, 7) is 0. The average Bonchev–Trinajstić information content (AvgIpc) is 3.45. The summed E-state index contributed by atoms with van der Waals surface area (Å²) in [4.78, 5) is 9.50. The second-order valence-corrected chi connectivity index (χ2v) is 8.76. The van der Waals surface area contributed by atoms with Crippen LogP contribution in [0.4, 0.5) is 5.82 Å². The van der Waals surface area contributed by atoms with Crippen molar-refractivity contribution < 1.29 is 4.74 Å². The zero-order valence-electron chi connectivity index (χ0n) is 19.2. The molecule has 5 aromatic rings. The van der Waals surface area contributed by atoms with Gasteiger partial charge in [-0.1, -0.05) is 60.7 Å². The van der Waals surface area contributed by atoms with Gasteiger partial charge in [0.05, 0.1) is 6.10 Å². The molecule has 0 bridgehead atoms. The molecule has 1 aliphatic carbocycles. The normalized spacial score (nSPS) is 17.6. The van der Waals surface area contributed by atoms with Gasteiger partial charge in [-0.3, -0.25) is 0 Å². The van der Waals surface area contributed by atoms with Gasteiger partial charge in [0.25, 0.3) is 0 Å². The van der Waals surface area contributed by atoms with Crippen molar-refractivity contribution in [2.24, 2.45) is 7.05 Å². The number of fused-ring (bicyclic) bond motifs is 1. The first-order valence-electron chi connectivity index (χ1n) is 11.5. The van der Waals surface area contributed by atoms with Crippen molar-refractivity contribution in [3.8, 4) is 33.9 Å². The molecular weight excluding hydrogens is 424 g/mol. The summed E-state index contributed by atoms with van der Waals surface area (Å²) in [5, 5.41) is 8.60. The van der Waals surface area contributed by atoms with Gasteiger partial charge in [0.15, 0.2) is 11.6 Å². The Balaban J connectivity index is 1.60. The molecule has 6 rings (SSSR count). The summed E-state index contributed by atoms with van der Waals surface area (Å²) in [6.07, 6.45) is 7.99. The number of aryl methyl sites for hydroxylation is 1. The summed E-state index contributed by atoms with van der Waals surface area (Å²) in [6, 6.07) is 21.2. The van der Waals surface area contributed by atoms with Crippen molar-refractivity contribution in [1.82, 2.24) is 24.1 Å². The van der Waals surface area contributed by atoms with E-state index in [1.54, 1.807) is 13.3 Å². The number of hydrogen-bond donors (Lipinski definition) is 1. The number of benzene rings is 2. The van der Waals surface area contributed by atoms with E-state index in [0.29, 0.717) is 18.0 Å². The summed E-state index contributed by atoms with van der Waals surface area (Å²) in [7, 11) is 3.73. The molecule has 1 saturated carbocycles. The van der Waals surface area contributed by atoms with Gasteiger partial charge in [0.2, 0.25) is 5.82 Å². The minimum atomic E-state index is 0.296. The molecule has 2 aromatic carbocycles. The van der Waals surface area contributed by atoms with Crippen molar-refractivity contribution in [2.45, 2.75) is 25.0 Å². The lowest BCUT2D eigenvalue weighted by molar-refractivity contribution is 0.0328. The highest BCUT2D eigenvalue weighted by Gasteiger charge is 2.31. The van der Waals surface area contributed by atoms with E-state index >= 15 is 0 Å². The van der Waals surface area contributed by atoms with Gasteiger partial charge in [0, 0.05) is 49.9 Å². The third kappa shape index (κ3) is 3.54. The lowest BCUT2D eigenvalue weighted by Crippen LogP contribution is -2.40. The third-order valence-corrected chi connectivity index (χ3v) is 6.57. The number of rotatable bonds is 6. The molecule has 0 aliphatic heterocycles. The van der Waals surface area contributed by atoms with Crippen LogP contribution in [-0.2, 0) is 11.8 Å². The summed E-state index contributed by atoms with van der Waals surface area (Å²) in [5.74, 6) is 2.12. The molecule has 3 aromatic heterocycles. The maximum atomic E-state index is 5.50. The molecule has 0 unspecified atom stereocenters. The van der Waals surface area contributed by atoms with Crippen LogP contribution in [0.1, 0.15) is 12.8 Å². The lowest BCUT2D eigenvalue weighted by atomic mass is 9.89. The van der Waals surface area contributed by atoms with E-state index in [1.165, 1.54) is 0 Å². The molecule has 1 N–H and O–H groups in total. The molecule has 34 heavy (non-hydrogen) atoms. The molecule has 1 aliphatic rings. The van der Waals surface area contributed by atoms with E-state index in [2.05, 4.69) is 65.0 Å². The van der Waals surface area contributed by atoms with E-state index in [0.717, 1.165) is 52.3 Å². The molecule has 3 heterocycles. The Bertz CT molecular complexity index is 1430. The molecule has 0 amide bonds. The van der Waals surface area contributed by atoms with E-state index in [-0.39, 0.29) is 0 Å². The first-order valence-corrected chi connectivity index (χ1v) is 11.5. The molecule has 0 spiro atoms. The van der Waals surface area contributed by atoms with Crippen molar-refractivity contribution in [3.63, 3.8) is 0 Å². The Morgan fingerprint density at radius 1 is 0.971 bits per heavy atom. The van der Waals surface area contributed by atoms with Crippen LogP contribution < -0.4 is 5.32 Å². The van der Waals surface area contributed by atoms with Gasteiger partial charge >= 0.3 is 0 Å². The molecule has 1 fully saturated rings. The topological polar surface area (TPSA) is 69.3 Å². The molecule has 0 radical (unpaired) electrons. The number of nitrogens with one attached hydrogen (secondary N) is 1. The highest BCUT2D eigenvalue weighted by Crippen LogP contribution is 2.40. The molecule has 0 atom stereocenters. The minimum Gasteiger partial charge on any atom is -0.381 e. The molecule has 0 saturated heterocycles. The summed E-state index contributed by atoms with van der Waals surface area (Å²) in [5.41, 5.74) is 5.46. The van der Waals surface area contributed by atoms with Gasteiger partial charge in [-0.15, -0.1) is 5.10 Å². The monoisotopic (exact) mass is 450 g/mol. The van der Waals surface area contributed by atoms with Crippen LogP contribution in [0.3, 0.4) is 0 Å². The lowest BCUT2D eigenvalue weighted by Gasteiger charge is -2.35. The average molecular weight is 451 g/mol. The predicted octanol–water partition coefficient (Wildman–Crippen LogP) is 5.05. The number of anilines is 1. The third-order valence-electron chi connectivity index (χ3n) is 6.57. The number of methoxy groups -OCH3 is 1. The smallest absolute Gasteiger partial charge is 0.218 e. The predicted molar refractivity (Wildman–Crippen MR) is 134 cm³/mol. The number of hydrogen-bond acceptors (Lipinski definition) is 5. The molecular formula is C27H26N6O. The van der Waals surface area contributed by atoms with E-state index in [4.69, 9.17) is 14.8 Å². The first-order chi connectivity index (χ1) is 16.7. The quantitative estimate of drug-likeness (QED) is 0.392. The van der Waals surface area contributed by atoms with Gasteiger partial charge < -0.3 is 14.6 Å². The van der Waals surface area contributed by atoms with Gasteiger partial charge in [-0.25, -0.2) is 14.5 Å². The first kappa shape index (κ1) is 20.6. The highest BCUT2D eigenvalue weighted by atomic mass is 16.5. The standard InChI is InChI=1S/C27H26N6O/c1-32-14-13-28-27(32)26-30-25(29-20-15-21(16-20)34-2)24-23(19-11-7-4-8-12-19)22(17-33(24)31-26)18-9-5-3-6-10-18/h3-14,17,20-21H,15-16H2,1-2H3,(H,29,30,31)/t20-,21-. The second kappa shape index (κ2) is 8.43. The van der Waals surface area contributed by atoms with Crippen molar-refractivity contribution in [1.29, 1.82) is 0 Å². The van der Waals surface area contributed by atoms with Crippen LogP contribution in [-0.4, -0.2) is 43.4 Å². The van der Waals surface area contributed by atoms with E-state index < -0.39 is 0 Å². The van der Waals surface area contributed by atoms with Crippen molar-refractivity contribution in [2.75, 3.05) is 12.4 Å². The fraction of sp³-hybridized carbons (Fsp3) is 0.222. The zero-order chi connectivity index (χ0) is 23.1. The van der Waals surface area contributed by atoms with Crippen LogP contribution in [0.2, 0.25) is 0 Å². The van der Waals surface area contributed by atoms with E-state index in [9.17, 15) is 0 Å². The Morgan fingerprint density at radius 3 is 2.32 bits per heavy atom. The van der Waals surface area contributed by atoms with Crippen LogP contribution in [0.5, 0.6) is 0 Å². The number of aromatic nitrogens is 5. The maximum Gasteiger partial charge on any atom is 0.218 e. The Kier molecular flexibility index (Phi) is 5.11. The van der Waals surface area contributed by atoms with Crippen LogP contribution in [0, 0.1) is 0 Å². The number of ether oxygens (including phenoxy) is 1. The van der Waals surface area contributed by atoms with Crippen molar-refractivity contribution >= 4 is 11.3 Å². The van der Waals surface area contributed by atoms with Gasteiger partial charge in [-0.2, -0.15) is 0 Å². The van der Waals surface area contributed by atoms with Crippen LogP contribution in [0.25, 0.3) is 39.4 Å². The van der Waals surface area contributed by atoms with Gasteiger partial charge in [-0.05, 0) is 24.0 Å². The molecule has 7 nitrogen and oxygen atoms in total. The fourth-order valence-electron chi connectivity index (χ4n) is 4.66. The zero-order valence-corrected chi connectivity index (χ0v) is 19.2. The highest BCUT2D eigenvalue weighted by molar-refractivity contribution is 5.99. The fourth-order valence-corrected chi connectivity index (χ4v) is 4.66. The van der Waals surface area contributed by atoms with Gasteiger partial charge in [0.1, 0.15) is 5.52 Å². The molecule has 170 valence electrons. The largest absolute Gasteiger partial charge is 0.381 e. The van der Waals surface area contributed by atoms with E-state index in [1.807, 2.05) is 34.5 Å². The summed E-state index contributed by atoms with van der Waals surface area (Å²) < 4.78 is 9.40. The Labute approximate surface area is 198 Å². The SMILES string of the molecule is CO[C@H]1C[C@H](Nc2nc(-c3nccn3C)nn3cc(-c4ccccc4)c(-c4ccccc4)c23)C1. The second-order valence-electron chi connectivity index (χ2n) is 8.76. The van der Waals surface area contributed by atoms with Crippen molar-refractivity contribution in [3.05, 3.63) is 79.3 Å². The Morgan fingerprint density at radius 2 is 1.68 bits per heavy atom.